The van der Waals surface area contributed by atoms with Crippen molar-refractivity contribution in [1.82, 2.24) is 20.4 Å². The van der Waals surface area contributed by atoms with Gasteiger partial charge in [-0.15, -0.1) is 0 Å². The topological polar surface area (TPSA) is 61.0 Å². The van der Waals surface area contributed by atoms with Crippen LogP contribution in [-0.2, 0) is 17.5 Å². The number of aromatic nitrogens is 2. The number of piperidine rings is 1. The highest BCUT2D eigenvalue weighted by Gasteiger charge is 2.30. The first-order chi connectivity index (χ1) is 14.1. The molecule has 30 heavy (non-hydrogen) atoms. The van der Waals surface area contributed by atoms with Crippen molar-refractivity contribution in [3.63, 3.8) is 0 Å². The molecule has 2 N–H and O–H groups in total. The molecule has 0 bridgehead atoms. The van der Waals surface area contributed by atoms with Crippen LogP contribution in [0.2, 0.25) is 0 Å². The zero-order valence-electron chi connectivity index (χ0n) is 17.6. The van der Waals surface area contributed by atoms with Gasteiger partial charge in [0, 0.05) is 24.2 Å². The molecule has 1 fully saturated rings. The van der Waals surface area contributed by atoms with E-state index >= 15 is 0 Å². The van der Waals surface area contributed by atoms with Gasteiger partial charge in [0.1, 0.15) is 0 Å². The fraction of sp³-hybridized carbons (Fsp3) is 0.545. The summed E-state index contributed by atoms with van der Waals surface area (Å²) in [5.41, 5.74) is 2.94. The second-order valence-electron chi connectivity index (χ2n) is 8.26. The summed E-state index contributed by atoms with van der Waals surface area (Å²) < 4.78 is 38.7. The zero-order chi connectivity index (χ0) is 21.9. The molecule has 0 radical (unpaired) electrons. The summed E-state index contributed by atoms with van der Waals surface area (Å²) in [5.74, 6) is 0.320. The number of carbonyl (C=O) groups excluding carboxylic acids is 1. The summed E-state index contributed by atoms with van der Waals surface area (Å²) in [5, 5.41) is 10.2. The van der Waals surface area contributed by atoms with Gasteiger partial charge in [0.25, 0.3) is 0 Å². The minimum Gasteiger partial charge on any atom is -0.349 e. The van der Waals surface area contributed by atoms with E-state index < -0.39 is 11.7 Å². The van der Waals surface area contributed by atoms with Crippen LogP contribution < -0.4 is 5.32 Å². The molecule has 5 nitrogen and oxygen atoms in total. The molecule has 1 amide bonds. The lowest BCUT2D eigenvalue weighted by atomic mass is 9.92. The van der Waals surface area contributed by atoms with Crippen molar-refractivity contribution < 1.29 is 18.0 Å². The molecule has 0 saturated carbocycles. The number of carbonyl (C=O) groups is 1. The predicted octanol–water partition coefficient (Wildman–Crippen LogP) is 4.52. The molecule has 0 aliphatic carbocycles. The molecule has 3 rings (SSSR count). The van der Waals surface area contributed by atoms with Crippen LogP contribution in [0.1, 0.15) is 60.3 Å². The number of hydrogen-bond acceptors (Lipinski definition) is 3. The van der Waals surface area contributed by atoms with Crippen molar-refractivity contribution in [2.75, 3.05) is 13.1 Å². The van der Waals surface area contributed by atoms with Crippen LogP contribution in [0.5, 0.6) is 0 Å². The van der Waals surface area contributed by atoms with Crippen LogP contribution in [0.4, 0.5) is 13.2 Å². The Bertz CT molecular complexity index is 850. The Balaban J connectivity index is 1.46. The summed E-state index contributed by atoms with van der Waals surface area (Å²) in [7, 11) is 0. The second kappa shape index (κ2) is 9.20. The normalized spacial score (nSPS) is 17.1. The third kappa shape index (κ3) is 5.62. The van der Waals surface area contributed by atoms with Gasteiger partial charge in [0.05, 0.1) is 17.3 Å². The number of nitrogens with one attached hydrogen (secondary N) is 2. The lowest BCUT2D eigenvalue weighted by molar-refractivity contribution is -0.137. The van der Waals surface area contributed by atoms with Gasteiger partial charge in [-0.05, 0) is 64.3 Å². The largest absolute Gasteiger partial charge is 0.416 e. The Morgan fingerprint density at radius 2 is 2.00 bits per heavy atom. The third-order valence-corrected chi connectivity index (χ3v) is 5.84. The zero-order valence-corrected chi connectivity index (χ0v) is 17.6. The van der Waals surface area contributed by atoms with Gasteiger partial charge in [-0.2, -0.15) is 18.3 Å². The number of alkyl halides is 3. The number of aryl methyl sites for hydroxylation is 2. The average Bonchev–Trinajstić information content (AvgIpc) is 3.01. The van der Waals surface area contributed by atoms with E-state index in [0.717, 1.165) is 48.9 Å². The first-order valence-electron chi connectivity index (χ1n) is 10.3. The molecule has 1 aromatic carbocycles. The van der Waals surface area contributed by atoms with Gasteiger partial charge in [0.15, 0.2) is 0 Å². The molecule has 1 aromatic heterocycles. The van der Waals surface area contributed by atoms with E-state index in [1.807, 2.05) is 20.8 Å². The first kappa shape index (κ1) is 22.3. The Labute approximate surface area is 175 Å². The molecule has 2 aromatic rings. The van der Waals surface area contributed by atoms with Crippen molar-refractivity contribution >= 4 is 5.91 Å². The molecule has 1 unspecified atom stereocenters. The molecular formula is C22H29F3N4O. The molecule has 1 aliphatic rings. The van der Waals surface area contributed by atoms with E-state index in [0.29, 0.717) is 24.4 Å². The van der Waals surface area contributed by atoms with E-state index in [4.69, 9.17) is 0 Å². The Morgan fingerprint density at radius 1 is 1.30 bits per heavy atom. The summed E-state index contributed by atoms with van der Waals surface area (Å²) >= 11 is 0. The van der Waals surface area contributed by atoms with Crippen LogP contribution >= 0.6 is 0 Å². The maximum atomic E-state index is 12.9. The van der Waals surface area contributed by atoms with E-state index in [-0.39, 0.29) is 11.9 Å². The van der Waals surface area contributed by atoms with Crippen LogP contribution in [0.3, 0.4) is 0 Å². The van der Waals surface area contributed by atoms with Crippen molar-refractivity contribution in [2.24, 2.45) is 5.92 Å². The van der Waals surface area contributed by atoms with Gasteiger partial charge in [-0.3, -0.25) is 14.8 Å². The number of rotatable bonds is 6. The Hall–Kier alpha value is -2.35. The van der Waals surface area contributed by atoms with Crippen molar-refractivity contribution in [3.8, 4) is 0 Å². The molecule has 0 spiro atoms. The minimum absolute atomic E-state index is 0.0267. The van der Waals surface area contributed by atoms with Crippen LogP contribution in [0.25, 0.3) is 0 Å². The molecule has 1 saturated heterocycles. The fourth-order valence-electron chi connectivity index (χ4n) is 4.29. The quantitative estimate of drug-likeness (QED) is 0.719. The van der Waals surface area contributed by atoms with Gasteiger partial charge >= 0.3 is 6.18 Å². The predicted molar refractivity (Wildman–Crippen MR) is 109 cm³/mol. The molecule has 164 valence electrons. The van der Waals surface area contributed by atoms with Gasteiger partial charge < -0.3 is 5.32 Å². The number of halogens is 3. The van der Waals surface area contributed by atoms with Gasteiger partial charge in [0.2, 0.25) is 5.91 Å². The van der Waals surface area contributed by atoms with E-state index in [9.17, 15) is 18.0 Å². The maximum Gasteiger partial charge on any atom is 0.416 e. The minimum atomic E-state index is -4.32. The van der Waals surface area contributed by atoms with Gasteiger partial charge in [-0.25, -0.2) is 0 Å². The molecule has 1 atom stereocenters. The van der Waals surface area contributed by atoms with Crippen molar-refractivity contribution in [3.05, 3.63) is 52.3 Å². The molecule has 8 heteroatoms. The lowest BCUT2D eigenvalue weighted by Crippen LogP contribution is -2.36. The number of nitrogens with zero attached hydrogens (tertiary/aromatic N) is 2. The lowest BCUT2D eigenvalue weighted by Gasteiger charge is -2.32. The maximum absolute atomic E-state index is 12.9. The smallest absolute Gasteiger partial charge is 0.349 e. The number of hydrogen-bond donors (Lipinski definition) is 2. The Morgan fingerprint density at radius 3 is 2.60 bits per heavy atom. The number of likely N-dealkylation sites (tertiary alicyclic amines) is 1. The highest BCUT2D eigenvalue weighted by molar-refractivity contribution is 5.76. The third-order valence-electron chi connectivity index (χ3n) is 5.84. The standard InChI is InChI=1S/C22H29F3N4O/c1-14(21-15(2)27-28-16(21)3)26-20(30)12-17-7-9-29(10-8-17)13-18-5-4-6-19(11-18)22(23,24)25/h4-6,11,14,17H,7-10,12-13H2,1-3H3,(H,26,30)(H,27,28). The van der Waals surface area contributed by atoms with E-state index in [1.165, 1.54) is 12.1 Å². The van der Waals surface area contributed by atoms with Crippen LogP contribution in [-0.4, -0.2) is 34.1 Å². The van der Waals surface area contributed by atoms with Crippen molar-refractivity contribution in [2.45, 2.75) is 58.8 Å². The Kier molecular flexibility index (Phi) is 6.85. The highest BCUT2D eigenvalue weighted by atomic mass is 19.4. The molecule has 1 aliphatic heterocycles. The summed E-state index contributed by atoms with van der Waals surface area (Å²) in [6, 6.07) is 5.41. The van der Waals surface area contributed by atoms with Crippen LogP contribution in [0.15, 0.2) is 24.3 Å². The molecule has 2 heterocycles. The first-order valence-corrected chi connectivity index (χ1v) is 10.3. The number of benzene rings is 1. The average molecular weight is 422 g/mol. The van der Waals surface area contributed by atoms with E-state index in [2.05, 4.69) is 20.4 Å². The molecular weight excluding hydrogens is 393 g/mol. The van der Waals surface area contributed by atoms with E-state index in [1.54, 1.807) is 6.07 Å². The highest BCUT2D eigenvalue weighted by Crippen LogP contribution is 2.30. The number of amides is 1. The SMILES string of the molecule is Cc1n[nH]c(C)c1C(C)NC(=O)CC1CCN(Cc2cccc(C(F)(F)F)c2)CC1. The summed E-state index contributed by atoms with van der Waals surface area (Å²) in [4.78, 5) is 14.6. The second-order valence-corrected chi connectivity index (χ2v) is 8.26. The summed E-state index contributed by atoms with van der Waals surface area (Å²) in [6.07, 6.45) is -2.12. The fourth-order valence-corrected chi connectivity index (χ4v) is 4.29. The van der Waals surface area contributed by atoms with Gasteiger partial charge in [-0.1, -0.05) is 18.2 Å². The summed E-state index contributed by atoms with van der Waals surface area (Å²) in [6.45, 7) is 7.88. The number of H-pyrrole nitrogens is 1. The van der Waals surface area contributed by atoms with Crippen molar-refractivity contribution in [1.29, 1.82) is 0 Å². The number of aromatic amines is 1. The van der Waals surface area contributed by atoms with Crippen LogP contribution in [0, 0.1) is 19.8 Å². The monoisotopic (exact) mass is 422 g/mol.